The molecular weight excluding hydrogens is 434 g/mol. The van der Waals surface area contributed by atoms with Crippen molar-refractivity contribution >= 4 is 52.3 Å². The van der Waals surface area contributed by atoms with E-state index in [1.54, 1.807) is 22.8 Å². The number of hydrogen-bond donors (Lipinski definition) is 0. The highest BCUT2D eigenvalue weighted by molar-refractivity contribution is 8.26. The Morgan fingerprint density at radius 3 is 2.42 bits per heavy atom. The molecule has 0 atom stereocenters. The van der Waals surface area contributed by atoms with Crippen LogP contribution in [0.1, 0.15) is 19.4 Å². The zero-order valence-corrected chi connectivity index (χ0v) is 19.2. The minimum Gasteiger partial charge on any atom is -0.450 e. The number of carbonyl (C=O) groups excluding carboxylic acids is 3. The van der Waals surface area contributed by atoms with Crippen molar-refractivity contribution < 1.29 is 19.1 Å². The Hall–Kier alpha value is -2.65. The Kier molecular flexibility index (Phi) is 7.86. The number of amides is 3. The van der Waals surface area contributed by atoms with Crippen LogP contribution in [0.2, 0.25) is 0 Å². The zero-order valence-electron chi connectivity index (χ0n) is 17.6. The minimum absolute atomic E-state index is 0.0944. The summed E-state index contributed by atoms with van der Waals surface area (Å²) in [4.78, 5) is 42.4. The van der Waals surface area contributed by atoms with Gasteiger partial charge in [0.05, 0.1) is 11.5 Å². The SMILES string of the molecule is CCOC(=O)N1CCN(C(=O)CN2C(=O)C(=CC(C)=Cc3ccccc3)SC2=S)CC1. The summed E-state index contributed by atoms with van der Waals surface area (Å²) in [6, 6.07) is 9.84. The van der Waals surface area contributed by atoms with Gasteiger partial charge in [-0.2, -0.15) is 0 Å². The van der Waals surface area contributed by atoms with E-state index in [0.29, 0.717) is 42.0 Å². The van der Waals surface area contributed by atoms with Crippen LogP contribution in [0.3, 0.4) is 0 Å². The number of benzene rings is 1. The number of nitrogens with zero attached hydrogens (tertiary/aromatic N) is 3. The lowest BCUT2D eigenvalue weighted by Gasteiger charge is -2.34. The second kappa shape index (κ2) is 10.6. The Balaban J connectivity index is 1.58. The van der Waals surface area contributed by atoms with Gasteiger partial charge in [0.15, 0.2) is 0 Å². The highest BCUT2D eigenvalue weighted by Gasteiger charge is 2.35. The third-order valence-corrected chi connectivity index (χ3v) is 6.26. The second-order valence-electron chi connectivity index (χ2n) is 7.13. The van der Waals surface area contributed by atoms with Crippen LogP contribution in [0.15, 0.2) is 46.9 Å². The summed E-state index contributed by atoms with van der Waals surface area (Å²) in [6.45, 7) is 5.53. The van der Waals surface area contributed by atoms with Crippen molar-refractivity contribution in [2.24, 2.45) is 0 Å². The Morgan fingerprint density at radius 2 is 1.77 bits per heavy atom. The van der Waals surface area contributed by atoms with Crippen LogP contribution in [0.25, 0.3) is 6.08 Å². The molecule has 2 aliphatic heterocycles. The van der Waals surface area contributed by atoms with E-state index in [0.717, 1.165) is 11.1 Å². The average molecular weight is 460 g/mol. The van der Waals surface area contributed by atoms with Crippen LogP contribution in [-0.2, 0) is 14.3 Å². The predicted molar refractivity (Wildman–Crippen MR) is 125 cm³/mol. The molecule has 0 unspecified atom stereocenters. The number of ether oxygens (including phenoxy) is 1. The maximum atomic E-state index is 12.8. The molecule has 0 radical (unpaired) electrons. The summed E-state index contributed by atoms with van der Waals surface area (Å²) in [5, 5.41) is 0. The molecule has 0 aliphatic carbocycles. The molecule has 0 N–H and O–H groups in total. The number of thioether (sulfide) groups is 1. The molecular formula is C22H25N3O4S2. The summed E-state index contributed by atoms with van der Waals surface area (Å²) < 4.78 is 5.37. The van der Waals surface area contributed by atoms with Crippen LogP contribution in [0.5, 0.6) is 0 Å². The first-order valence-electron chi connectivity index (χ1n) is 10.1. The number of hydrogen-bond acceptors (Lipinski definition) is 6. The Morgan fingerprint density at radius 1 is 1.13 bits per heavy atom. The van der Waals surface area contributed by atoms with Crippen molar-refractivity contribution in [1.82, 2.24) is 14.7 Å². The van der Waals surface area contributed by atoms with E-state index in [2.05, 4.69) is 0 Å². The molecule has 1 aromatic rings. The lowest BCUT2D eigenvalue weighted by Crippen LogP contribution is -2.53. The molecule has 9 heteroatoms. The zero-order chi connectivity index (χ0) is 22.4. The second-order valence-corrected chi connectivity index (χ2v) is 8.81. The molecule has 3 rings (SSSR count). The van der Waals surface area contributed by atoms with Gasteiger partial charge in [0, 0.05) is 26.2 Å². The number of rotatable bonds is 5. The maximum Gasteiger partial charge on any atom is 0.409 e. The molecule has 1 aromatic carbocycles. The first-order chi connectivity index (χ1) is 14.9. The maximum absolute atomic E-state index is 12.8. The quantitative estimate of drug-likeness (QED) is 0.498. The average Bonchev–Trinajstić information content (AvgIpc) is 3.01. The highest BCUT2D eigenvalue weighted by atomic mass is 32.2. The van der Waals surface area contributed by atoms with Gasteiger partial charge in [-0.1, -0.05) is 60.4 Å². The van der Waals surface area contributed by atoms with Gasteiger partial charge in [0.1, 0.15) is 10.9 Å². The molecule has 164 valence electrons. The summed E-state index contributed by atoms with van der Waals surface area (Å²) in [7, 11) is 0. The van der Waals surface area contributed by atoms with Crippen LogP contribution >= 0.6 is 24.0 Å². The molecule has 3 amide bonds. The van der Waals surface area contributed by atoms with Gasteiger partial charge in [-0.3, -0.25) is 14.5 Å². The van der Waals surface area contributed by atoms with Crippen LogP contribution in [0.4, 0.5) is 4.79 Å². The summed E-state index contributed by atoms with van der Waals surface area (Å²) in [6.07, 6.45) is 3.42. The molecule has 2 saturated heterocycles. The van der Waals surface area contributed by atoms with Crippen LogP contribution < -0.4 is 0 Å². The summed E-state index contributed by atoms with van der Waals surface area (Å²) in [5.74, 6) is -0.438. The molecule has 0 bridgehead atoms. The van der Waals surface area contributed by atoms with Gasteiger partial charge in [-0.25, -0.2) is 4.79 Å². The van der Waals surface area contributed by atoms with Crippen molar-refractivity contribution in [2.75, 3.05) is 39.3 Å². The number of allylic oxidation sites excluding steroid dienone is 2. The highest BCUT2D eigenvalue weighted by Crippen LogP contribution is 2.32. The van der Waals surface area contributed by atoms with E-state index >= 15 is 0 Å². The fourth-order valence-corrected chi connectivity index (χ4v) is 4.59. The first kappa shape index (κ1) is 23.0. The van der Waals surface area contributed by atoms with E-state index in [-0.39, 0.29) is 24.5 Å². The molecule has 7 nitrogen and oxygen atoms in total. The Bertz CT molecular complexity index is 922. The molecule has 2 fully saturated rings. The van der Waals surface area contributed by atoms with Crippen LogP contribution in [-0.4, -0.2) is 76.3 Å². The van der Waals surface area contributed by atoms with Crippen LogP contribution in [0, 0.1) is 0 Å². The number of carbonyl (C=O) groups is 3. The fraction of sp³-hybridized carbons (Fsp3) is 0.364. The minimum atomic E-state index is -0.365. The van der Waals surface area contributed by atoms with E-state index in [4.69, 9.17) is 17.0 Å². The van der Waals surface area contributed by atoms with E-state index in [9.17, 15) is 14.4 Å². The van der Waals surface area contributed by atoms with E-state index in [1.165, 1.54) is 16.7 Å². The molecule has 0 spiro atoms. The Labute approximate surface area is 191 Å². The lowest BCUT2D eigenvalue weighted by atomic mass is 10.1. The van der Waals surface area contributed by atoms with Gasteiger partial charge >= 0.3 is 6.09 Å². The fourth-order valence-electron chi connectivity index (χ4n) is 3.29. The number of thiocarbonyl (C=S) groups is 1. The molecule has 0 aromatic heterocycles. The molecule has 31 heavy (non-hydrogen) atoms. The van der Waals surface area contributed by atoms with Crippen molar-refractivity contribution in [3.8, 4) is 0 Å². The standard InChI is InChI=1S/C22H25N3O4S2/c1-3-29-21(28)24-11-9-23(10-12-24)19(26)15-25-20(27)18(31-22(25)30)14-16(2)13-17-7-5-4-6-8-17/h4-8,13-14H,3,9-12,15H2,1-2H3. The smallest absolute Gasteiger partial charge is 0.409 e. The largest absolute Gasteiger partial charge is 0.450 e. The third-order valence-electron chi connectivity index (χ3n) is 4.88. The van der Waals surface area contributed by atoms with Gasteiger partial charge in [0.25, 0.3) is 5.91 Å². The summed E-state index contributed by atoms with van der Waals surface area (Å²) >= 11 is 6.55. The van der Waals surface area contributed by atoms with Gasteiger partial charge in [0.2, 0.25) is 5.91 Å². The summed E-state index contributed by atoms with van der Waals surface area (Å²) in [5.41, 5.74) is 1.97. The lowest BCUT2D eigenvalue weighted by molar-refractivity contribution is -0.136. The van der Waals surface area contributed by atoms with Crippen molar-refractivity contribution in [3.05, 3.63) is 52.4 Å². The third kappa shape index (κ3) is 5.95. The molecule has 2 heterocycles. The monoisotopic (exact) mass is 459 g/mol. The molecule has 0 saturated carbocycles. The molecule has 2 aliphatic rings. The predicted octanol–water partition coefficient (Wildman–Crippen LogP) is 3.13. The van der Waals surface area contributed by atoms with Crippen molar-refractivity contribution in [1.29, 1.82) is 0 Å². The topological polar surface area (TPSA) is 70.2 Å². The van der Waals surface area contributed by atoms with Gasteiger partial charge < -0.3 is 14.5 Å². The van der Waals surface area contributed by atoms with Gasteiger partial charge in [-0.05, 0) is 31.1 Å². The van der Waals surface area contributed by atoms with Crippen molar-refractivity contribution in [2.45, 2.75) is 13.8 Å². The first-order valence-corrected chi connectivity index (χ1v) is 11.3. The van der Waals surface area contributed by atoms with E-state index < -0.39 is 0 Å². The normalized spacial score (nSPS) is 18.7. The number of piperazine rings is 1. The van der Waals surface area contributed by atoms with Gasteiger partial charge in [-0.15, -0.1) is 0 Å². The van der Waals surface area contributed by atoms with E-state index in [1.807, 2.05) is 43.3 Å². The van der Waals surface area contributed by atoms with Crippen molar-refractivity contribution in [3.63, 3.8) is 0 Å².